The molecule has 0 amide bonds. The average Bonchev–Trinajstić information content (AvgIpc) is 3.33. The summed E-state index contributed by atoms with van der Waals surface area (Å²) in [4.78, 5) is 4.99. The van der Waals surface area contributed by atoms with Crippen LogP contribution < -0.4 is 0 Å². The Morgan fingerprint density at radius 2 is 2.00 bits per heavy atom. The van der Waals surface area contributed by atoms with E-state index in [2.05, 4.69) is 27.9 Å². The molecule has 5 heteroatoms. The summed E-state index contributed by atoms with van der Waals surface area (Å²) in [5, 5.41) is 1.12. The van der Waals surface area contributed by atoms with Crippen LogP contribution in [0.2, 0.25) is 0 Å². The van der Waals surface area contributed by atoms with Crippen LogP contribution in [0.5, 0.6) is 0 Å². The molecule has 0 spiro atoms. The fraction of sp³-hybridized carbons (Fsp3) is 0.381. The highest BCUT2D eigenvalue weighted by molar-refractivity contribution is 7.90. The molecule has 1 fully saturated rings. The predicted octanol–water partition coefficient (Wildman–Crippen LogP) is 4.14. The molecule has 2 heterocycles. The Morgan fingerprint density at radius 1 is 1.19 bits per heavy atom. The largest absolute Gasteiger partial charge is 0.347 e. The van der Waals surface area contributed by atoms with E-state index in [4.69, 9.17) is 0 Å². The first kappa shape index (κ1) is 17.3. The van der Waals surface area contributed by atoms with Crippen LogP contribution in [0.4, 0.5) is 0 Å². The second-order valence-corrected chi connectivity index (χ2v) is 9.42. The van der Waals surface area contributed by atoms with Gasteiger partial charge in [0.1, 0.15) is 0 Å². The third-order valence-corrected chi connectivity index (χ3v) is 6.55. The van der Waals surface area contributed by atoms with Crippen LogP contribution in [-0.4, -0.2) is 24.2 Å². The molecular formula is C21H24N2O2S. The summed E-state index contributed by atoms with van der Waals surface area (Å²) in [6.45, 7) is 3.00. The second-order valence-electron chi connectivity index (χ2n) is 7.43. The van der Waals surface area contributed by atoms with Crippen LogP contribution in [0.15, 0.2) is 47.6 Å². The molecule has 136 valence electrons. The van der Waals surface area contributed by atoms with Crippen molar-refractivity contribution in [3.8, 4) is 0 Å². The van der Waals surface area contributed by atoms with Crippen LogP contribution in [0, 0.1) is 12.8 Å². The Balaban J connectivity index is 1.72. The summed E-state index contributed by atoms with van der Waals surface area (Å²) < 4.78 is 26.7. The van der Waals surface area contributed by atoms with Gasteiger partial charge in [-0.25, -0.2) is 8.42 Å². The molecule has 0 unspecified atom stereocenters. The van der Waals surface area contributed by atoms with Gasteiger partial charge >= 0.3 is 0 Å². The number of aryl methyl sites for hydroxylation is 2. The third kappa shape index (κ3) is 3.40. The molecule has 0 saturated heterocycles. The highest BCUT2D eigenvalue weighted by Crippen LogP contribution is 2.33. The lowest BCUT2D eigenvalue weighted by atomic mass is 10.0. The van der Waals surface area contributed by atoms with Crippen LogP contribution in [0.3, 0.4) is 0 Å². The molecule has 1 saturated carbocycles. The number of hydrogen-bond acceptors (Lipinski definition) is 3. The topological polar surface area (TPSA) is 52.0 Å². The molecule has 4 rings (SSSR count). The van der Waals surface area contributed by atoms with Crippen molar-refractivity contribution in [2.24, 2.45) is 5.92 Å². The van der Waals surface area contributed by atoms with Crippen molar-refractivity contribution in [1.82, 2.24) is 9.55 Å². The quantitative estimate of drug-likeness (QED) is 0.657. The number of fused-ring (bicyclic) bond motifs is 1. The number of sulfone groups is 1. The summed E-state index contributed by atoms with van der Waals surface area (Å²) in [5.41, 5.74) is 3.96. The molecular weight excluding hydrogens is 344 g/mol. The van der Waals surface area contributed by atoms with Crippen LogP contribution >= 0.6 is 0 Å². The van der Waals surface area contributed by atoms with Gasteiger partial charge in [0, 0.05) is 37.0 Å². The van der Waals surface area contributed by atoms with Crippen molar-refractivity contribution in [1.29, 1.82) is 0 Å². The molecule has 0 radical (unpaired) electrons. The lowest BCUT2D eigenvalue weighted by Gasteiger charge is -2.12. The molecule has 2 aromatic heterocycles. The molecule has 0 atom stereocenters. The van der Waals surface area contributed by atoms with Crippen LogP contribution in [0.25, 0.3) is 10.9 Å². The number of nitrogens with zero attached hydrogens (tertiary/aromatic N) is 2. The number of pyridine rings is 1. The fourth-order valence-corrected chi connectivity index (χ4v) is 4.67. The highest BCUT2D eigenvalue weighted by atomic mass is 32.2. The van der Waals surface area contributed by atoms with E-state index < -0.39 is 9.84 Å². The number of aromatic nitrogens is 2. The van der Waals surface area contributed by atoms with Gasteiger partial charge < -0.3 is 4.57 Å². The maximum absolute atomic E-state index is 12.2. The van der Waals surface area contributed by atoms with Gasteiger partial charge in [-0.15, -0.1) is 0 Å². The van der Waals surface area contributed by atoms with Crippen molar-refractivity contribution < 1.29 is 8.42 Å². The number of hydrogen-bond donors (Lipinski definition) is 0. The van der Waals surface area contributed by atoms with E-state index in [1.807, 2.05) is 19.2 Å². The van der Waals surface area contributed by atoms with E-state index >= 15 is 0 Å². The van der Waals surface area contributed by atoms with Crippen molar-refractivity contribution in [2.45, 2.75) is 44.0 Å². The molecule has 1 aromatic carbocycles. The average molecular weight is 369 g/mol. The van der Waals surface area contributed by atoms with E-state index in [-0.39, 0.29) is 0 Å². The Morgan fingerprint density at radius 3 is 2.73 bits per heavy atom. The van der Waals surface area contributed by atoms with Crippen molar-refractivity contribution in [3.63, 3.8) is 0 Å². The minimum Gasteiger partial charge on any atom is -0.347 e. The summed E-state index contributed by atoms with van der Waals surface area (Å²) in [5.74, 6) is 0.901. The zero-order valence-corrected chi connectivity index (χ0v) is 16.1. The van der Waals surface area contributed by atoms with Gasteiger partial charge in [0.15, 0.2) is 9.84 Å². The van der Waals surface area contributed by atoms with Gasteiger partial charge in [-0.3, -0.25) is 4.98 Å². The summed E-state index contributed by atoms with van der Waals surface area (Å²) in [6.07, 6.45) is 9.74. The molecule has 0 aliphatic heterocycles. The second kappa shape index (κ2) is 6.54. The Kier molecular flexibility index (Phi) is 4.35. The Bertz CT molecular complexity index is 1060. The van der Waals surface area contributed by atoms with E-state index in [0.717, 1.165) is 34.7 Å². The lowest BCUT2D eigenvalue weighted by Crippen LogP contribution is -2.06. The lowest BCUT2D eigenvalue weighted by molar-refractivity contribution is 0.601. The predicted molar refractivity (Wildman–Crippen MR) is 104 cm³/mol. The first-order valence-electron chi connectivity index (χ1n) is 9.15. The Hall–Kier alpha value is -2.14. The molecule has 0 bridgehead atoms. The maximum atomic E-state index is 12.2. The standard InChI is InChI=1S/C21H24N2O2S/c1-15-4-3-5-21(26(2,24)25)18(15)14-19-17-10-13-23(12-9-16-6-7-16)20(17)8-11-22-19/h3-5,8,10-11,13,16H,6-7,9,12,14H2,1-2H3. The SMILES string of the molecule is Cc1cccc(S(C)(=O)=O)c1Cc1nccc2c1ccn2CCC1CC1. The molecule has 3 aromatic rings. The van der Waals surface area contributed by atoms with Gasteiger partial charge in [0.2, 0.25) is 0 Å². The minimum atomic E-state index is -3.27. The molecule has 26 heavy (non-hydrogen) atoms. The molecule has 1 aliphatic rings. The van der Waals surface area contributed by atoms with E-state index in [9.17, 15) is 8.42 Å². The fourth-order valence-electron chi connectivity index (χ4n) is 3.66. The smallest absolute Gasteiger partial charge is 0.175 e. The molecule has 1 aliphatic carbocycles. The molecule has 4 nitrogen and oxygen atoms in total. The normalized spacial score (nSPS) is 14.8. The highest BCUT2D eigenvalue weighted by Gasteiger charge is 2.21. The summed E-state index contributed by atoms with van der Waals surface area (Å²) in [6, 6.07) is 9.63. The van der Waals surface area contributed by atoms with Crippen LogP contribution in [-0.2, 0) is 22.8 Å². The van der Waals surface area contributed by atoms with E-state index in [1.165, 1.54) is 31.0 Å². The monoisotopic (exact) mass is 368 g/mol. The van der Waals surface area contributed by atoms with Crippen LogP contribution in [0.1, 0.15) is 36.1 Å². The molecule has 0 N–H and O–H groups in total. The Labute approximate surface area is 154 Å². The van der Waals surface area contributed by atoms with Crippen molar-refractivity contribution in [2.75, 3.05) is 6.26 Å². The van der Waals surface area contributed by atoms with Gasteiger partial charge in [0.25, 0.3) is 0 Å². The van der Waals surface area contributed by atoms with Gasteiger partial charge in [-0.2, -0.15) is 0 Å². The number of rotatable bonds is 6. The van der Waals surface area contributed by atoms with E-state index in [1.54, 1.807) is 12.1 Å². The minimum absolute atomic E-state index is 0.407. The van der Waals surface area contributed by atoms with Gasteiger partial charge in [-0.05, 0) is 48.6 Å². The maximum Gasteiger partial charge on any atom is 0.175 e. The zero-order chi connectivity index (χ0) is 18.3. The summed E-state index contributed by atoms with van der Waals surface area (Å²) >= 11 is 0. The van der Waals surface area contributed by atoms with Gasteiger partial charge in [-0.1, -0.05) is 25.0 Å². The van der Waals surface area contributed by atoms with Crippen molar-refractivity contribution in [3.05, 3.63) is 59.5 Å². The first-order valence-corrected chi connectivity index (χ1v) is 11.0. The summed E-state index contributed by atoms with van der Waals surface area (Å²) in [7, 11) is -3.27. The third-order valence-electron chi connectivity index (χ3n) is 5.37. The van der Waals surface area contributed by atoms with Gasteiger partial charge in [0.05, 0.1) is 16.1 Å². The number of benzene rings is 1. The first-order chi connectivity index (χ1) is 12.4. The van der Waals surface area contributed by atoms with E-state index in [0.29, 0.717) is 11.3 Å². The zero-order valence-electron chi connectivity index (χ0n) is 15.3. The van der Waals surface area contributed by atoms with Crippen molar-refractivity contribution >= 4 is 20.7 Å².